The molecule has 8 nitrogen and oxygen atoms in total. The molecule has 0 saturated heterocycles. The van der Waals surface area contributed by atoms with Crippen molar-refractivity contribution >= 4 is 20.5 Å². The van der Waals surface area contributed by atoms with Crippen molar-refractivity contribution in [2.45, 2.75) is 115 Å². The Hall–Kier alpha value is -1.88. The van der Waals surface area contributed by atoms with Gasteiger partial charge in [0.1, 0.15) is 43.2 Å². The lowest BCUT2D eigenvalue weighted by atomic mass is 9.43. The third-order valence-electron chi connectivity index (χ3n) is 14.1. The van der Waals surface area contributed by atoms with Gasteiger partial charge in [-0.1, -0.05) is 58.9 Å². The minimum Gasteiger partial charge on any atom is -0.455 e. The fourth-order valence-electron chi connectivity index (χ4n) is 10.9. The van der Waals surface area contributed by atoms with Gasteiger partial charge in [-0.25, -0.2) is 9.37 Å². The molecule has 266 valence electrons. The van der Waals surface area contributed by atoms with Gasteiger partial charge in [0.2, 0.25) is 0 Å². The maximum absolute atomic E-state index is 14.1. The van der Waals surface area contributed by atoms with E-state index in [2.05, 4.69) is 71.5 Å². The summed E-state index contributed by atoms with van der Waals surface area (Å²) in [5.74, 6) is -0.301. The number of esters is 1. The molecule has 0 aromatic heterocycles. The summed E-state index contributed by atoms with van der Waals surface area (Å²) in [6.45, 7) is 20.0. The molecule has 9 heteroatoms. The Morgan fingerprint density at radius 3 is 2.29 bits per heavy atom. The van der Waals surface area contributed by atoms with Crippen molar-refractivity contribution in [1.29, 1.82) is 0 Å². The van der Waals surface area contributed by atoms with Crippen LogP contribution in [-0.4, -0.2) is 101 Å². The Kier molecular flexibility index (Phi) is 9.29. The van der Waals surface area contributed by atoms with Gasteiger partial charge in [0.15, 0.2) is 8.32 Å². The minimum atomic E-state index is -2.53. The van der Waals surface area contributed by atoms with Crippen molar-refractivity contribution in [2.75, 3.05) is 34.4 Å². The highest BCUT2D eigenvalue weighted by atomic mass is 28.4. The summed E-state index contributed by atoms with van der Waals surface area (Å²) in [5.41, 5.74) is -0.269. The molecule has 4 bridgehead atoms. The molecule has 1 aromatic carbocycles. The van der Waals surface area contributed by atoms with E-state index in [9.17, 15) is 9.90 Å². The van der Waals surface area contributed by atoms with E-state index in [4.69, 9.17) is 23.4 Å². The molecule has 3 fully saturated rings. The lowest BCUT2D eigenvalue weighted by Gasteiger charge is -2.62. The van der Waals surface area contributed by atoms with Crippen LogP contribution < -0.4 is 0 Å². The van der Waals surface area contributed by atoms with Gasteiger partial charge in [0, 0.05) is 38.6 Å². The molecule has 1 aromatic rings. The van der Waals surface area contributed by atoms with Crippen LogP contribution in [0, 0.1) is 34.5 Å². The quantitative estimate of drug-likeness (QED) is 0.145. The number of hydrogen-bond acceptors (Lipinski definition) is 7. The van der Waals surface area contributed by atoms with Crippen LogP contribution >= 0.6 is 0 Å². The van der Waals surface area contributed by atoms with Crippen LogP contribution in [-0.2, 0) is 23.4 Å². The van der Waals surface area contributed by atoms with Crippen LogP contribution in [0.5, 0.6) is 0 Å². The summed E-state index contributed by atoms with van der Waals surface area (Å²) in [6, 6.07) is 9.21. The molecule has 0 radical (unpaired) electrons. The highest BCUT2D eigenvalue weighted by Gasteiger charge is 2.79. The summed E-state index contributed by atoms with van der Waals surface area (Å²) >= 11 is 0. The van der Waals surface area contributed by atoms with Crippen LogP contribution in [0.4, 0.5) is 0 Å². The van der Waals surface area contributed by atoms with Crippen molar-refractivity contribution in [3.05, 3.63) is 47.5 Å². The summed E-state index contributed by atoms with van der Waals surface area (Å²) in [6.07, 6.45) is 4.42. The van der Waals surface area contributed by atoms with Gasteiger partial charge in [0.25, 0.3) is 0 Å². The zero-order chi connectivity index (χ0) is 35.0. The zero-order valence-corrected chi connectivity index (χ0v) is 32.1. The van der Waals surface area contributed by atoms with Gasteiger partial charge in [-0.2, -0.15) is 0 Å². The average molecular weight is 683 g/mol. The van der Waals surface area contributed by atoms with Gasteiger partial charge in [-0.15, -0.1) is 0 Å². The number of aliphatic hydroxyl groups excluding tert-OH is 1. The van der Waals surface area contributed by atoms with E-state index < -0.39 is 37.6 Å². The minimum absolute atomic E-state index is 0.0521. The molecular formula is C39H60NO7Si+. The maximum Gasteiger partial charge on any atom is 0.338 e. The lowest BCUT2D eigenvalue weighted by Crippen LogP contribution is -2.70. The lowest BCUT2D eigenvalue weighted by molar-refractivity contribution is -0.560. The highest BCUT2D eigenvalue weighted by Crippen LogP contribution is 2.71. The number of carbonyl (C=O) groups excluding carboxylic acids is 1. The first-order valence-electron chi connectivity index (χ1n) is 18.2. The molecule has 0 spiro atoms. The SMILES string of the molecule is CC[N+]1=CC23C(C(OC)C=C4C5[C@@H](OC(=O)c6ccccc6)[C@](O[Si](C)(C)C(C)(C)C)(C[C@@H]52)[C@@H](OC)[C@@H]4O)C(CC)(C1)[C@H](C)C[C@@H]3OC. The van der Waals surface area contributed by atoms with E-state index in [1.165, 1.54) is 0 Å². The Morgan fingerprint density at radius 2 is 1.73 bits per heavy atom. The predicted molar refractivity (Wildman–Crippen MR) is 189 cm³/mol. The van der Waals surface area contributed by atoms with Crippen molar-refractivity contribution in [2.24, 2.45) is 34.5 Å². The Labute approximate surface area is 289 Å². The molecule has 4 aliphatic carbocycles. The number of fused-ring (bicyclic) bond motifs is 1. The molecule has 1 N–H and O–H groups in total. The normalized spacial score (nSPS) is 42.0. The van der Waals surface area contributed by atoms with Gasteiger partial charge in [0.05, 0.1) is 23.2 Å². The Bertz CT molecular complexity index is 1440. The topological polar surface area (TPSA) is 86.5 Å². The highest BCUT2D eigenvalue weighted by molar-refractivity contribution is 6.74. The first-order chi connectivity index (χ1) is 22.6. The van der Waals surface area contributed by atoms with Crippen molar-refractivity contribution in [3.63, 3.8) is 0 Å². The Morgan fingerprint density at radius 1 is 1.04 bits per heavy atom. The molecule has 5 unspecified atom stereocenters. The van der Waals surface area contributed by atoms with Crippen LogP contribution in [0.25, 0.3) is 0 Å². The average Bonchev–Trinajstić information content (AvgIpc) is 3.22. The molecule has 1 aliphatic heterocycles. The van der Waals surface area contributed by atoms with Crippen molar-refractivity contribution in [1.82, 2.24) is 0 Å². The van der Waals surface area contributed by atoms with Crippen LogP contribution in [0.2, 0.25) is 18.1 Å². The maximum atomic E-state index is 14.1. The number of benzene rings is 1. The zero-order valence-electron chi connectivity index (χ0n) is 31.1. The largest absolute Gasteiger partial charge is 0.455 e. The number of nitrogens with zero attached hydrogens (tertiary/aromatic N) is 1. The molecular weight excluding hydrogens is 623 g/mol. The van der Waals surface area contributed by atoms with E-state index in [-0.39, 0.29) is 46.4 Å². The fraction of sp³-hybridized carbons (Fsp3) is 0.744. The van der Waals surface area contributed by atoms with E-state index in [0.717, 1.165) is 31.5 Å². The van der Waals surface area contributed by atoms with E-state index in [1.807, 2.05) is 25.3 Å². The summed E-state index contributed by atoms with van der Waals surface area (Å²) in [5, 5.41) is 12.4. The number of hydrogen-bond donors (Lipinski definition) is 1. The van der Waals surface area contributed by atoms with E-state index in [0.29, 0.717) is 17.9 Å². The monoisotopic (exact) mass is 682 g/mol. The summed E-state index contributed by atoms with van der Waals surface area (Å²) in [4.78, 5) is 14.1. The molecule has 12 atom stereocenters. The van der Waals surface area contributed by atoms with Crippen LogP contribution in [0.3, 0.4) is 0 Å². The van der Waals surface area contributed by atoms with Crippen LogP contribution in [0.15, 0.2) is 42.0 Å². The van der Waals surface area contributed by atoms with Crippen molar-refractivity contribution in [3.8, 4) is 0 Å². The third kappa shape index (κ3) is 4.92. The number of rotatable bonds is 9. The third-order valence-corrected chi connectivity index (χ3v) is 18.6. The number of methoxy groups -OCH3 is 3. The molecule has 48 heavy (non-hydrogen) atoms. The van der Waals surface area contributed by atoms with Crippen LogP contribution in [0.1, 0.15) is 71.2 Å². The van der Waals surface area contributed by atoms with Gasteiger partial charge < -0.3 is 28.5 Å². The molecule has 5 aliphatic rings. The number of aliphatic hydroxyl groups is 1. The smallest absolute Gasteiger partial charge is 0.338 e. The second kappa shape index (κ2) is 12.4. The van der Waals surface area contributed by atoms with Gasteiger partial charge >= 0.3 is 5.97 Å². The molecule has 6 rings (SSSR count). The van der Waals surface area contributed by atoms with Crippen molar-refractivity contribution < 1.29 is 37.9 Å². The molecule has 0 amide bonds. The second-order valence-electron chi connectivity index (χ2n) is 16.9. The first-order valence-corrected chi connectivity index (χ1v) is 21.1. The molecule has 3 saturated carbocycles. The number of ether oxygens (including phenoxy) is 4. The summed E-state index contributed by atoms with van der Waals surface area (Å²) < 4.78 is 36.4. The Balaban J connectivity index is 1.66. The first kappa shape index (κ1) is 35.9. The van der Waals surface area contributed by atoms with E-state index >= 15 is 0 Å². The summed E-state index contributed by atoms with van der Waals surface area (Å²) in [7, 11) is 2.78. The standard InChI is InChI=1S/C39H60NO7Si/c1-12-37-22-40(13-2)23-38(29(44-8)19-24(37)3)27-21-39(47-48(10,11)36(4,5)6)33(46-35(42)25-17-15-14-16-18-25)30(27)26(31(41)34(39)45-9)20-28(43-7)32(37)38/h14-18,20,23-24,27-34,41H,12-13,19,21-22H2,1-11H3/q+1/t24-,27+,28?,29+,30?,31-,32?,33-,34+,37?,38?,39-/m1/s1. The number of carbonyl (C=O) groups is 1. The van der Waals surface area contributed by atoms with E-state index in [1.54, 1.807) is 26.4 Å². The van der Waals surface area contributed by atoms with Gasteiger partial charge in [-0.3, -0.25) is 0 Å². The van der Waals surface area contributed by atoms with Gasteiger partial charge in [-0.05, 0) is 73.9 Å². The molecule has 1 heterocycles. The predicted octanol–water partition coefficient (Wildman–Crippen LogP) is 6.12. The fourth-order valence-corrected chi connectivity index (χ4v) is 12.5. The second-order valence-corrected chi connectivity index (χ2v) is 21.7.